The van der Waals surface area contributed by atoms with Gasteiger partial charge in [0, 0.05) is 17.6 Å². The summed E-state index contributed by atoms with van der Waals surface area (Å²) in [6, 6.07) is 9.62. The number of rotatable bonds is 4. The minimum atomic E-state index is -0.182. The van der Waals surface area contributed by atoms with Gasteiger partial charge in [-0.05, 0) is 30.0 Å². The van der Waals surface area contributed by atoms with E-state index in [0.29, 0.717) is 0 Å². The Morgan fingerprint density at radius 2 is 2.06 bits per heavy atom. The first-order valence-electron chi connectivity index (χ1n) is 5.05. The number of thioether (sulfide) groups is 1. The van der Waals surface area contributed by atoms with Crippen molar-refractivity contribution in [3.8, 4) is 6.07 Å². The molecule has 16 heavy (non-hydrogen) atoms. The second-order valence-corrected chi connectivity index (χ2v) is 4.55. The van der Waals surface area contributed by atoms with Gasteiger partial charge in [0.1, 0.15) is 6.42 Å². The van der Waals surface area contributed by atoms with Crippen molar-refractivity contribution in [2.24, 2.45) is 0 Å². The zero-order valence-corrected chi connectivity index (χ0v) is 10.3. The first-order chi connectivity index (χ1) is 7.69. The van der Waals surface area contributed by atoms with Gasteiger partial charge in [0.2, 0.25) is 5.91 Å². The second kappa shape index (κ2) is 6.19. The highest BCUT2D eigenvalue weighted by atomic mass is 32.2. The van der Waals surface area contributed by atoms with Crippen LogP contribution < -0.4 is 4.90 Å². The highest BCUT2D eigenvalue weighted by molar-refractivity contribution is 7.99. The third-order valence-corrected chi connectivity index (χ3v) is 3.03. The molecule has 4 heteroatoms. The van der Waals surface area contributed by atoms with Crippen LogP contribution >= 0.6 is 11.8 Å². The van der Waals surface area contributed by atoms with E-state index in [-0.39, 0.29) is 12.3 Å². The molecule has 0 N–H and O–H groups in total. The Kier molecular flexibility index (Phi) is 4.87. The third-order valence-electron chi connectivity index (χ3n) is 2.14. The molecule has 0 aromatic heterocycles. The zero-order chi connectivity index (χ0) is 12.0. The number of nitrogens with zero attached hydrogens (tertiary/aromatic N) is 2. The minimum absolute atomic E-state index is 0.0814. The molecule has 1 amide bonds. The molecule has 0 atom stereocenters. The average Bonchev–Trinajstić information content (AvgIpc) is 2.30. The van der Waals surface area contributed by atoms with Crippen LogP contribution in [0.3, 0.4) is 0 Å². The maximum atomic E-state index is 11.5. The number of benzene rings is 1. The van der Waals surface area contributed by atoms with Crippen molar-refractivity contribution in [3.05, 3.63) is 24.3 Å². The van der Waals surface area contributed by atoms with E-state index in [2.05, 4.69) is 6.92 Å². The lowest BCUT2D eigenvalue weighted by Crippen LogP contribution is -2.25. The Labute approximate surface area is 100 Å². The lowest BCUT2D eigenvalue weighted by Gasteiger charge is -2.15. The number of hydrogen-bond donors (Lipinski definition) is 0. The Morgan fingerprint density at radius 3 is 2.56 bits per heavy atom. The molecule has 0 unspecified atom stereocenters. The SMILES string of the molecule is CCSc1ccc(N(C)C(=O)CC#N)cc1. The van der Waals surface area contributed by atoms with Gasteiger partial charge in [0.15, 0.2) is 0 Å². The van der Waals surface area contributed by atoms with Crippen molar-refractivity contribution in [1.29, 1.82) is 5.26 Å². The molecular formula is C12H14N2OS. The summed E-state index contributed by atoms with van der Waals surface area (Å²) in [4.78, 5) is 14.1. The van der Waals surface area contributed by atoms with Crippen LogP contribution in [0.25, 0.3) is 0 Å². The normalized spacial score (nSPS) is 9.56. The van der Waals surface area contributed by atoms with Crippen LogP contribution in [0, 0.1) is 11.3 Å². The topological polar surface area (TPSA) is 44.1 Å². The molecule has 84 valence electrons. The molecule has 0 fully saturated rings. The summed E-state index contributed by atoms with van der Waals surface area (Å²) in [7, 11) is 1.68. The van der Waals surface area contributed by atoms with Crippen LogP contribution in [0.1, 0.15) is 13.3 Å². The van der Waals surface area contributed by atoms with Gasteiger partial charge < -0.3 is 4.90 Å². The van der Waals surface area contributed by atoms with E-state index in [1.165, 1.54) is 9.80 Å². The molecule has 0 saturated carbocycles. The fourth-order valence-electron chi connectivity index (χ4n) is 1.26. The molecule has 1 aromatic rings. The maximum absolute atomic E-state index is 11.5. The zero-order valence-electron chi connectivity index (χ0n) is 9.43. The Morgan fingerprint density at radius 1 is 1.44 bits per heavy atom. The van der Waals surface area contributed by atoms with E-state index in [0.717, 1.165) is 11.4 Å². The van der Waals surface area contributed by atoms with Gasteiger partial charge in [-0.1, -0.05) is 6.92 Å². The van der Waals surface area contributed by atoms with E-state index in [1.807, 2.05) is 30.3 Å². The first kappa shape index (κ1) is 12.6. The second-order valence-electron chi connectivity index (χ2n) is 3.21. The predicted molar refractivity (Wildman–Crippen MR) is 66.5 cm³/mol. The highest BCUT2D eigenvalue weighted by Crippen LogP contribution is 2.21. The van der Waals surface area contributed by atoms with Gasteiger partial charge in [-0.3, -0.25) is 4.79 Å². The molecule has 0 spiro atoms. The number of carbonyl (C=O) groups excluding carboxylic acids is 1. The van der Waals surface area contributed by atoms with Crippen LogP contribution in [-0.4, -0.2) is 18.7 Å². The van der Waals surface area contributed by atoms with Crippen molar-refractivity contribution in [2.75, 3.05) is 17.7 Å². The van der Waals surface area contributed by atoms with Crippen LogP contribution in [0.2, 0.25) is 0 Å². The lowest BCUT2D eigenvalue weighted by atomic mass is 10.3. The van der Waals surface area contributed by atoms with Crippen molar-refractivity contribution in [3.63, 3.8) is 0 Å². The largest absolute Gasteiger partial charge is 0.315 e. The Hall–Kier alpha value is -1.47. The van der Waals surface area contributed by atoms with Crippen molar-refractivity contribution < 1.29 is 4.79 Å². The van der Waals surface area contributed by atoms with E-state index in [1.54, 1.807) is 18.8 Å². The van der Waals surface area contributed by atoms with Crippen LogP contribution in [0.5, 0.6) is 0 Å². The highest BCUT2D eigenvalue weighted by Gasteiger charge is 2.09. The molecule has 0 radical (unpaired) electrons. The molecule has 0 aliphatic rings. The molecule has 1 aromatic carbocycles. The maximum Gasteiger partial charge on any atom is 0.240 e. The van der Waals surface area contributed by atoms with Crippen LogP contribution in [0.15, 0.2) is 29.2 Å². The summed E-state index contributed by atoms with van der Waals surface area (Å²) in [6.45, 7) is 2.10. The van der Waals surface area contributed by atoms with E-state index in [9.17, 15) is 4.79 Å². The smallest absolute Gasteiger partial charge is 0.240 e. The monoisotopic (exact) mass is 234 g/mol. The molecular weight excluding hydrogens is 220 g/mol. The minimum Gasteiger partial charge on any atom is -0.315 e. The van der Waals surface area contributed by atoms with Crippen LogP contribution in [0.4, 0.5) is 5.69 Å². The standard InChI is InChI=1S/C12H14N2OS/c1-3-16-11-6-4-10(5-7-11)14(2)12(15)8-9-13/h4-7H,3,8H2,1-2H3. The fraction of sp³-hybridized carbons (Fsp3) is 0.333. The molecule has 3 nitrogen and oxygen atoms in total. The van der Waals surface area contributed by atoms with Gasteiger partial charge in [-0.25, -0.2) is 0 Å². The van der Waals surface area contributed by atoms with Crippen molar-refractivity contribution in [2.45, 2.75) is 18.2 Å². The number of anilines is 1. The summed E-state index contributed by atoms with van der Waals surface area (Å²) in [5, 5.41) is 8.45. The van der Waals surface area contributed by atoms with E-state index < -0.39 is 0 Å². The summed E-state index contributed by atoms with van der Waals surface area (Å²) in [5.41, 5.74) is 0.820. The van der Waals surface area contributed by atoms with Crippen molar-refractivity contribution >= 4 is 23.4 Å². The molecule has 0 saturated heterocycles. The average molecular weight is 234 g/mol. The Bertz CT molecular complexity index is 394. The van der Waals surface area contributed by atoms with Gasteiger partial charge in [0.25, 0.3) is 0 Å². The quantitative estimate of drug-likeness (QED) is 0.752. The molecule has 1 rings (SSSR count). The van der Waals surface area contributed by atoms with Gasteiger partial charge in [-0.15, -0.1) is 11.8 Å². The predicted octanol–water partition coefficient (Wildman–Crippen LogP) is 2.68. The van der Waals surface area contributed by atoms with Crippen molar-refractivity contribution in [1.82, 2.24) is 0 Å². The third kappa shape index (κ3) is 3.28. The molecule has 0 heterocycles. The number of amides is 1. The Balaban J connectivity index is 2.74. The van der Waals surface area contributed by atoms with Gasteiger partial charge in [-0.2, -0.15) is 5.26 Å². The number of carbonyl (C=O) groups is 1. The van der Waals surface area contributed by atoms with Gasteiger partial charge in [0.05, 0.1) is 6.07 Å². The summed E-state index contributed by atoms with van der Waals surface area (Å²) >= 11 is 1.76. The van der Waals surface area contributed by atoms with E-state index in [4.69, 9.17) is 5.26 Å². The molecule has 0 bridgehead atoms. The number of nitriles is 1. The van der Waals surface area contributed by atoms with Gasteiger partial charge >= 0.3 is 0 Å². The van der Waals surface area contributed by atoms with E-state index >= 15 is 0 Å². The summed E-state index contributed by atoms with van der Waals surface area (Å²) < 4.78 is 0. The number of hydrogen-bond acceptors (Lipinski definition) is 3. The first-order valence-corrected chi connectivity index (χ1v) is 6.04. The molecule has 0 aliphatic carbocycles. The molecule has 0 aliphatic heterocycles. The summed E-state index contributed by atoms with van der Waals surface area (Å²) in [6.07, 6.45) is -0.0814. The summed E-state index contributed by atoms with van der Waals surface area (Å²) in [5.74, 6) is 0.848. The van der Waals surface area contributed by atoms with Crippen LogP contribution in [-0.2, 0) is 4.79 Å². The fourth-order valence-corrected chi connectivity index (χ4v) is 1.92. The lowest BCUT2D eigenvalue weighted by molar-refractivity contribution is -0.117.